The molecule has 1 amide bonds. The molecule has 0 saturated heterocycles. The first kappa shape index (κ1) is 18.2. The molecule has 2 aromatic rings. The molecule has 0 fully saturated rings. The lowest BCUT2D eigenvalue weighted by Crippen LogP contribution is -2.21. The number of ether oxygens (including phenoxy) is 1. The van der Waals surface area contributed by atoms with Crippen LogP contribution in [0, 0.1) is 6.92 Å². The van der Waals surface area contributed by atoms with Gasteiger partial charge in [-0.3, -0.25) is 9.00 Å². The molecule has 0 bridgehead atoms. The molecule has 1 atom stereocenters. The van der Waals surface area contributed by atoms with Crippen LogP contribution in [0.25, 0.3) is 0 Å². The highest BCUT2D eigenvalue weighted by atomic mass is 35.5. The maximum atomic E-state index is 11.9. The number of amides is 1. The molecule has 126 valence electrons. The largest absolute Gasteiger partial charge is 0.452 e. The molecule has 0 saturated carbocycles. The topological polar surface area (TPSA) is 72.5 Å². The van der Waals surface area contributed by atoms with Crippen molar-refractivity contribution in [2.24, 2.45) is 0 Å². The number of carbonyl (C=O) groups is 2. The molecule has 0 aliphatic heterocycles. The lowest BCUT2D eigenvalue weighted by Gasteiger charge is -2.10. The van der Waals surface area contributed by atoms with Crippen LogP contribution < -0.4 is 5.32 Å². The van der Waals surface area contributed by atoms with E-state index in [-0.39, 0.29) is 5.56 Å². The third-order valence-electron chi connectivity index (χ3n) is 3.30. The Bertz CT molecular complexity index is 790. The Morgan fingerprint density at radius 2 is 1.83 bits per heavy atom. The first-order valence-electron chi connectivity index (χ1n) is 7.04. The van der Waals surface area contributed by atoms with Gasteiger partial charge in [-0.05, 0) is 48.9 Å². The second kappa shape index (κ2) is 8.08. The van der Waals surface area contributed by atoms with E-state index in [1.165, 1.54) is 12.1 Å². The zero-order chi connectivity index (χ0) is 17.7. The van der Waals surface area contributed by atoms with Crippen molar-refractivity contribution in [3.8, 4) is 0 Å². The number of nitrogens with one attached hydrogen (secondary N) is 1. The van der Waals surface area contributed by atoms with Gasteiger partial charge in [0, 0.05) is 32.7 Å². The van der Waals surface area contributed by atoms with E-state index in [4.69, 9.17) is 16.3 Å². The molecule has 5 nitrogen and oxygen atoms in total. The fourth-order valence-corrected chi connectivity index (χ4v) is 2.62. The standard InChI is InChI=1S/C17H16ClNO4S/c1-11-14(18)4-3-5-15(11)19-16(20)10-23-17(21)12-6-8-13(9-7-12)24(2)22/h3-9H,10H2,1-2H3,(H,19,20). The average molecular weight is 366 g/mol. The first-order valence-corrected chi connectivity index (χ1v) is 8.97. The molecule has 2 aromatic carbocycles. The summed E-state index contributed by atoms with van der Waals surface area (Å²) >= 11 is 5.98. The van der Waals surface area contributed by atoms with Gasteiger partial charge in [0.15, 0.2) is 6.61 Å². The molecule has 0 aromatic heterocycles. The van der Waals surface area contributed by atoms with E-state index < -0.39 is 29.3 Å². The van der Waals surface area contributed by atoms with E-state index >= 15 is 0 Å². The number of hydrogen-bond acceptors (Lipinski definition) is 4. The van der Waals surface area contributed by atoms with Crippen molar-refractivity contribution in [2.45, 2.75) is 11.8 Å². The maximum absolute atomic E-state index is 11.9. The highest BCUT2D eigenvalue weighted by Gasteiger charge is 2.12. The lowest BCUT2D eigenvalue weighted by molar-refractivity contribution is -0.119. The Morgan fingerprint density at radius 1 is 1.17 bits per heavy atom. The summed E-state index contributed by atoms with van der Waals surface area (Å²) in [6.07, 6.45) is 1.55. The van der Waals surface area contributed by atoms with Crippen LogP contribution in [0.2, 0.25) is 5.02 Å². The molecule has 1 N–H and O–H groups in total. The molecule has 0 heterocycles. The summed E-state index contributed by atoms with van der Waals surface area (Å²) in [6.45, 7) is 1.37. The average Bonchev–Trinajstić information content (AvgIpc) is 2.57. The second-order valence-electron chi connectivity index (χ2n) is 5.02. The smallest absolute Gasteiger partial charge is 0.338 e. The molecule has 7 heteroatoms. The van der Waals surface area contributed by atoms with Crippen molar-refractivity contribution in [2.75, 3.05) is 18.2 Å². The number of hydrogen-bond donors (Lipinski definition) is 1. The van der Waals surface area contributed by atoms with Gasteiger partial charge in [0.05, 0.1) is 5.56 Å². The third-order valence-corrected chi connectivity index (χ3v) is 4.64. The van der Waals surface area contributed by atoms with Gasteiger partial charge >= 0.3 is 5.97 Å². The van der Waals surface area contributed by atoms with E-state index in [1.54, 1.807) is 43.5 Å². The summed E-state index contributed by atoms with van der Waals surface area (Å²) in [5.74, 6) is -1.08. The van der Waals surface area contributed by atoms with Gasteiger partial charge in [-0.25, -0.2) is 4.79 Å². The van der Waals surface area contributed by atoms with E-state index in [0.717, 1.165) is 5.56 Å². The van der Waals surface area contributed by atoms with E-state index in [9.17, 15) is 13.8 Å². The first-order chi connectivity index (χ1) is 11.4. The summed E-state index contributed by atoms with van der Waals surface area (Å²) in [5, 5.41) is 3.18. The van der Waals surface area contributed by atoms with Crippen LogP contribution in [0.1, 0.15) is 15.9 Å². The molecule has 2 rings (SSSR count). The monoisotopic (exact) mass is 365 g/mol. The Kier molecular flexibility index (Phi) is 6.11. The predicted molar refractivity (Wildman–Crippen MR) is 93.9 cm³/mol. The molecule has 0 radical (unpaired) electrons. The summed E-state index contributed by atoms with van der Waals surface area (Å²) in [4.78, 5) is 24.4. The Hall–Kier alpha value is -2.18. The number of carbonyl (C=O) groups excluding carboxylic acids is 2. The van der Waals surface area contributed by atoms with Gasteiger partial charge in [0.25, 0.3) is 5.91 Å². The van der Waals surface area contributed by atoms with E-state index in [0.29, 0.717) is 15.6 Å². The Balaban J connectivity index is 1.92. The zero-order valence-corrected chi connectivity index (χ0v) is 14.7. The molecule has 0 aliphatic carbocycles. The minimum atomic E-state index is -1.12. The third kappa shape index (κ3) is 4.66. The molecular formula is C17H16ClNO4S. The van der Waals surface area contributed by atoms with Crippen LogP contribution in [0.5, 0.6) is 0 Å². The lowest BCUT2D eigenvalue weighted by atomic mass is 10.2. The molecular weight excluding hydrogens is 350 g/mol. The Morgan fingerprint density at radius 3 is 2.46 bits per heavy atom. The van der Waals surface area contributed by atoms with Crippen LogP contribution in [0.4, 0.5) is 5.69 Å². The van der Waals surface area contributed by atoms with Crippen molar-refractivity contribution in [3.05, 3.63) is 58.6 Å². The van der Waals surface area contributed by atoms with Crippen molar-refractivity contribution in [1.29, 1.82) is 0 Å². The van der Waals surface area contributed by atoms with E-state index in [2.05, 4.69) is 5.32 Å². The summed E-state index contributed by atoms with van der Waals surface area (Å²) in [7, 11) is -1.12. The number of anilines is 1. The fraction of sp³-hybridized carbons (Fsp3) is 0.176. The normalized spacial score (nSPS) is 11.6. The van der Waals surface area contributed by atoms with Gasteiger partial charge in [0.1, 0.15) is 0 Å². The van der Waals surface area contributed by atoms with Crippen molar-refractivity contribution >= 4 is 40.0 Å². The van der Waals surface area contributed by atoms with Crippen LogP contribution in [0.3, 0.4) is 0 Å². The van der Waals surface area contributed by atoms with Crippen molar-refractivity contribution in [1.82, 2.24) is 0 Å². The maximum Gasteiger partial charge on any atom is 0.338 e. The van der Waals surface area contributed by atoms with E-state index in [1.807, 2.05) is 0 Å². The van der Waals surface area contributed by atoms with Gasteiger partial charge in [-0.15, -0.1) is 0 Å². The molecule has 1 unspecified atom stereocenters. The van der Waals surface area contributed by atoms with Gasteiger partial charge in [0.2, 0.25) is 0 Å². The highest BCUT2D eigenvalue weighted by molar-refractivity contribution is 7.84. The number of rotatable bonds is 5. The predicted octanol–water partition coefficient (Wildman–Crippen LogP) is 3.18. The summed E-state index contributed by atoms with van der Waals surface area (Å²) in [6, 6.07) is 11.3. The molecule has 0 spiro atoms. The van der Waals surface area contributed by atoms with Crippen molar-refractivity contribution in [3.63, 3.8) is 0 Å². The number of benzene rings is 2. The second-order valence-corrected chi connectivity index (χ2v) is 6.80. The quantitative estimate of drug-likeness (QED) is 0.826. The van der Waals surface area contributed by atoms with Crippen molar-refractivity contribution < 1.29 is 18.5 Å². The summed E-state index contributed by atoms with van der Waals surface area (Å²) in [5.41, 5.74) is 1.59. The number of halogens is 1. The summed E-state index contributed by atoms with van der Waals surface area (Å²) < 4.78 is 16.3. The van der Waals surface area contributed by atoms with Gasteiger partial charge < -0.3 is 10.1 Å². The van der Waals surface area contributed by atoms with Crippen LogP contribution >= 0.6 is 11.6 Å². The van der Waals surface area contributed by atoms with Gasteiger partial charge in [-0.1, -0.05) is 17.7 Å². The minimum absolute atomic E-state index is 0.288. The van der Waals surface area contributed by atoms with Crippen LogP contribution in [0.15, 0.2) is 47.4 Å². The minimum Gasteiger partial charge on any atom is -0.452 e. The SMILES string of the molecule is Cc1c(Cl)cccc1NC(=O)COC(=O)c1ccc(S(C)=O)cc1. The zero-order valence-electron chi connectivity index (χ0n) is 13.2. The van der Waals surface area contributed by atoms with Crippen LogP contribution in [-0.4, -0.2) is 28.9 Å². The Labute approximate surface area is 147 Å². The highest BCUT2D eigenvalue weighted by Crippen LogP contribution is 2.22. The van der Waals surface area contributed by atoms with Crippen LogP contribution in [-0.2, 0) is 20.3 Å². The fourth-order valence-electron chi connectivity index (χ4n) is 1.93. The van der Waals surface area contributed by atoms with Gasteiger partial charge in [-0.2, -0.15) is 0 Å². The molecule has 24 heavy (non-hydrogen) atoms. The number of esters is 1. The molecule has 0 aliphatic rings.